The third-order valence-corrected chi connectivity index (χ3v) is 4.36. The lowest BCUT2D eigenvalue weighted by atomic mass is 10.1. The SMILES string of the molecule is SSCc1cc(CSS)cc(CSS)c1. The predicted octanol–water partition coefficient (Wildman–Crippen LogP) is 4.92. The van der Waals surface area contributed by atoms with Gasteiger partial charge in [-0.05, 0) is 16.7 Å². The van der Waals surface area contributed by atoms with Gasteiger partial charge >= 0.3 is 0 Å². The van der Waals surface area contributed by atoms with Gasteiger partial charge < -0.3 is 0 Å². The van der Waals surface area contributed by atoms with Crippen molar-refractivity contribution in [2.75, 3.05) is 0 Å². The second kappa shape index (κ2) is 8.42. The van der Waals surface area contributed by atoms with Crippen molar-refractivity contribution in [2.24, 2.45) is 0 Å². The van der Waals surface area contributed by atoms with E-state index in [4.69, 9.17) is 0 Å². The molecule has 84 valence electrons. The topological polar surface area (TPSA) is 0 Å². The van der Waals surface area contributed by atoms with Gasteiger partial charge in [0.15, 0.2) is 0 Å². The molecule has 0 atom stereocenters. The molecule has 0 N–H and O–H groups in total. The Hall–Kier alpha value is 1.32. The average Bonchev–Trinajstić information content (AvgIpc) is 2.19. The quantitative estimate of drug-likeness (QED) is 0.504. The monoisotopic (exact) mass is 312 g/mol. The Bertz CT molecular complexity index is 241. The molecular weight excluding hydrogens is 301 g/mol. The summed E-state index contributed by atoms with van der Waals surface area (Å²) in [5, 5.41) is 0. The Morgan fingerprint density at radius 2 is 0.933 bits per heavy atom. The summed E-state index contributed by atoms with van der Waals surface area (Å²) in [6.45, 7) is 0. The van der Waals surface area contributed by atoms with Gasteiger partial charge in [0.25, 0.3) is 0 Å². The normalized spacial score (nSPS) is 10.6. The zero-order chi connectivity index (χ0) is 11.1. The number of rotatable bonds is 6. The van der Waals surface area contributed by atoms with Crippen molar-refractivity contribution in [2.45, 2.75) is 17.3 Å². The van der Waals surface area contributed by atoms with Crippen LogP contribution in [0.5, 0.6) is 0 Å². The zero-order valence-corrected chi connectivity index (χ0v) is 13.1. The zero-order valence-electron chi connectivity index (χ0n) is 7.92. The molecule has 0 aliphatic carbocycles. The minimum absolute atomic E-state index is 0.943. The van der Waals surface area contributed by atoms with Crippen molar-refractivity contribution in [3.63, 3.8) is 0 Å². The molecule has 0 saturated heterocycles. The van der Waals surface area contributed by atoms with Crippen LogP contribution >= 0.6 is 67.4 Å². The highest BCUT2D eigenvalue weighted by molar-refractivity contribution is 8.68. The van der Waals surface area contributed by atoms with E-state index in [1.807, 2.05) is 0 Å². The molecule has 0 aliphatic rings. The maximum absolute atomic E-state index is 4.18. The summed E-state index contributed by atoms with van der Waals surface area (Å²) in [7, 11) is 4.65. The molecule has 0 bridgehead atoms. The first-order valence-corrected chi connectivity index (χ1v) is 10.3. The summed E-state index contributed by atoms with van der Waals surface area (Å²) in [6.07, 6.45) is 0. The molecule has 0 nitrogen and oxygen atoms in total. The van der Waals surface area contributed by atoms with Crippen LogP contribution < -0.4 is 0 Å². The van der Waals surface area contributed by atoms with Crippen LogP contribution in [0.15, 0.2) is 18.2 Å². The third kappa shape index (κ3) is 5.46. The fourth-order valence-corrected chi connectivity index (χ4v) is 3.60. The Morgan fingerprint density at radius 1 is 0.667 bits per heavy atom. The van der Waals surface area contributed by atoms with E-state index in [1.165, 1.54) is 16.7 Å². The molecule has 0 saturated carbocycles. The molecular formula is C9H12S6. The molecule has 0 unspecified atom stereocenters. The number of hydrogen-bond acceptors (Lipinski definition) is 6. The molecule has 0 radical (unpaired) electrons. The summed E-state index contributed by atoms with van der Waals surface area (Å²) in [5.41, 5.74) is 3.98. The highest BCUT2D eigenvalue weighted by Gasteiger charge is 2.01. The average molecular weight is 313 g/mol. The molecule has 0 heterocycles. The van der Waals surface area contributed by atoms with Gasteiger partial charge in [0.05, 0.1) is 0 Å². The maximum Gasteiger partial charge on any atom is 0.0286 e. The number of thiol groups is 3. The van der Waals surface area contributed by atoms with Gasteiger partial charge in [-0.15, -0.1) is 35.0 Å². The maximum atomic E-state index is 4.18. The van der Waals surface area contributed by atoms with E-state index in [0.29, 0.717) is 0 Å². The fourth-order valence-electron chi connectivity index (χ4n) is 1.31. The van der Waals surface area contributed by atoms with Gasteiger partial charge in [0.2, 0.25) is 0 Å². The largest absolute Gasteiger partial charge is 0.111 e. The molecule has 0 spiro atoms. The molecule has 0 aliphatic heterocycles. The Morgan fingerprint density at radius 3 is 1.13 bits per heavy atom. The van der Waals surface area contributed by atoms with Gasteiger partial charge in [0.1, 0.15) is 0 Å². The van der Waals surface area contributed by atoms with E-state index in [-0.39, 0.29) is 0 Å². The van der Waals surface area contributed by atoms with Gasteiger partial charge in [-0.3, -0.25) is 0 Å². The van der Waals surface area contributed by atoms with Crippen LogP contribution in [0.3, 0.4) is 0 Å². The fraction of sp³-hybridized carbons (Fsp3) is 0.333. The predicted molar refractivity (Wildman–Crippen MR) is 87.3 cm³/mol. The minimum Gasteiger partial charge on any atom is -0.111 e. The molecule has 1 aromatic rings. The van der Waals surface area contributed by atoms with Gasteiger partial charge in [-0.2, -0.15) is 0 Å². The van der Waals surface area contributed by atoms with Gasteiger partial charge in [-0.1, -0.05) is 50.6 Å². The summed E-state index contributed by atoms with van der Waals surface area (Å²) in [6, 6.07) is 6.66. The smallest absolute Gasteiger partial charge is 0.0286 e. The van der Waals surface area contributed by atoms with E-state index in [9.17, 15) is 0 Å². The van der Waals surface area contributed by atoms with Crippen LogP contribution in [0.1, 0.15) is 16.7 Å². The lowest BCUT2D eigenvalue weighted by Crippen LogP contribution is -1.89. The first-order valence-electron chi connectivity index (χ1n) is 4.21. The van der Waals surface area contributed by atoms with Crippen molar-refractivity contribution in [3.8, 4) is 0 Å². The highest BCUT2D eigenvalue weighted by Crippen LogP contribution is 2.24. The summed E-state index contributed by atoms with van der Waals surface area (Å²) in [4.78, 5) is 0. The van der Waals surface area contributed by atoms with E-state index in [2.05, 4.69) is 53.2 Å². The van der Waals surface area contributed by atoms with E-state index >= 15 is 0 Å². The van der Waals surface area contributed by atoms with Crippen molar-refractivity contribution in [1.82, 2.24) is 0 Å². The highest BCUT2D eigenvalue weighted by atomic mass is 33.1. The molecule has 1 rings (SSSR count). The van der Waals surface area contributed by atoms with Crippen LogP contribution in [-0.4, -0.2) is 0 Å². The summed E-state index contributed by atoms with van der Waals surface area (Å²) < 4.78 is 0. The molecule has 1 aromatic carbocycles. The lowest BCUT2D eigenvalue weighted by molar-refractivity contribution is 1.28. The van der Waals surface area contributed by atoms with Crippen molar-refractivity contribution in [3.05, 3.63) is 34.9 Å². The number of benzene rings is 1. The van der Waals surface area contributed by atoms with Crippen LogP contribution in [0.4, 0.5) is 0 Å². The van der Waals surface area contributed by atoms with Crippen molar-refractivity contribution < 1.29 is 0 Å². The third-order valence-electron chi connectivity index (χ3n) is 1.81. The first-order chi connectivity index (χ1) is 7.30. The van der Waals surface area contributed by atoms with Crippen LogP contribution in [0, 0.1) is 0 Å². The summed E-state index contributed by atoms with van der Waals surface area (Å²) in [5.74, 6) is 2.83. The number of hydrogen-bond donors (Lipinski definition) is 3. The Labute approximate surface area is 119 Å². The second-order valence-electron chi connectivity index (χ2n) is 2.98. The van der Waals surface area contributed by atoms with Gasteiger partial charge in [-0.25, -0.2) is 0 Å². The van der Waals surface area contributed by atoms with Crippen LogP contribution in [0.25, 0.3) is 0 Å². The molecule has 15 heavy (non-hydrogen) atoms. The molecule has 0 amide bonds. The summed E-state index contributed by atoms with van der Waals surface area (Å²) >= 11 is 12.5. The molecule has 0 aromatic heterocycles. The van der Waals surface area contributed by atoms with Gasteiger partial charge in [0, 0.05) is 17.3 Å². The van der Waals surface area contributed by atoms with Crippen LogP contribution in [0.2, 0.25) is 0 Å². The first kappa shape index (κ1) is 14.4. The molecule has 6 heteroatoms. The minimum atomic E-state index is 0.943. The van der Waals surface area contributed by atoms with E-state index in [1.54, 1.807) is 32.4 Å². The molecule has 0 fully saturated rings. The van der Waals surface area contributed by atoms with Crippen LogP contribution in [-0.2, 0) is 17.3 Å². The van der Waals surface area contributed by atoms with E-state index in [0.717, 1.165) is 17.3 Å². The second-order valence-corrected chi connectivity index (χ2v) is 6.94. The Balaban J connectivity index is 2.86. The van der Waals surface area contributed by atoms with Crippen molar-refractivity contribution >= 4 is 67.4 Å². The lowest BCUT2D eigenvalue weighted by Gasteiger charge is -2.07. The van der Waals surface area contributed by atoms with E-state index < -0.39 is 0 Å². The van der Waals surface area contributed by atoms with Crippen molar-refractivity contribution in [1.29, 1.82) is 0 Å². The Kier molecular flexibility index (Phi) is 8.07. The standard InChI is InChI=1S/C9H12S6/c10-13-4-7-1-8(5-14-11)3-9(2-7)6-15-12/h1-3,10-12H,4-6H2.